The van der Waals surface area contributed by atoms with E-state index in [2.05, 4.69) is 127 Å². The van der Waals surface area contributed by atoms with Gasteiger partial charge >= 0.3 is 0 Å². The van der Waals surface area contributed by atoms with Crippen molar-refractivity contribution in [3.8, 4) is 22.5 Å². The minimum Gasteiger partial charge on any atom is -0.201 e. The summed E-state index contributed by atoms with van der Waals surface area (Å²) in [6.07, 6.45) is 4.31. The quantitative estimate of drug-likeness (QED) is 0.418. The molecule has 29 heavy (non-hydrogen) atoms. The van der Waals surface area contributed by atoms with Crippen LogP contribution in [0.2, 0.25) is 0 Å². The van der Waals surface area contributed by atoms with E-state index in [0.29, 0.717) is 5.92 Å². The predicted octanol–water partition coefficient (Wildman–Crippen LogP) is 5.24. The van der Waals surface area contributed by atoms with Crippen molar-refractivity contribution < 1.29 is 9.13 Å². The molecule has 2 nitrogen and oxygen atoms in total. The van der Waals surface area contributed by atoms with Crippen molar-refractivity contribution in [1.82, 2.24) is 0 Å². The SMILES string of the molecule is Cc1ccccc1-c1cccc[n+]1CC(C)c1ccccc1-c1cccc[n+]1C. The summed E-state index contributed by atoms with van der Waals surface area (Å²) in [6.45, 7) is 5.43. The second-order valence-corrected chi connectivity index (χ2v) is 7.74. The van der Waals surface area contributed by atoms with Crippen molar-refractivity contribution in [3.63, 3.8) is 0 Å². The van der Waals surface area contributed by atoms with Crippen molar-refractivity contribution in [2.75, 3.05) is 0 Å². The van der Waals surface area contributed by atoms with Crippen LogP contribution in [0.25, 0.3) is 22.5 Å². The van der Waals surface area contributed by atoms with Crippen LogP contribution in [0.5, 0.6) is 0 Å². The molecule has 2 heterocycles. The number of aryl methyl sites for hydroxylation is 2. The lowest BCUT2D eigenvalue weighted by Crippen LogP contribution is -2.38. The molecule has 0 radical (unpaired) electrons. The van der Waals surface area contributed by atoms with Crippen molar-refractivity contribution in [3.05, 3.63) is 108 Å². The molecule has 1 atom stereocenters. The second-order valence-electron chi connectivity index (χ2n) is 7.74. The van der Waals surface area contributed by atoms with E-state index in [1.807, 2.05) is 0 Å². The summed E-state index contributed by atoms with van der Waals surface area (Å²) in [4.78, 5) is 0. The first-order valence-corrected chi connectivity index (χ1v) is 10.2. The Kier molecular flexibility index (Phi) is 5.53. The van der Waals surface area contributed by atoms with E-state index < -0.39 is 0 Å². The van der Waals surface area contributed by atoms with Gasteiger partial charge in [0.2, 0.25) is 11.4 Å². The number of aromatic nitrogens is 2. The number of hydrogen-bond donors (Lipinski definition) is 0. The number of benzene rings is 2. The van der Waals surface area contributed by atoms with Gasteiger partial charge in [0.25, 0.3) is 0 Å². The molecular formula is C27H28N2+2. The third-order valence-electron chi connectivity index (χ3n) is 5.65. The van der Waals surface area contributed by atoms with Crippen molar-refractivity contribution in [2.45, 2.75) is 26.3 Å². The molecule has 4 rings (SSSR count). The van der Waals surface area contributed by atoms with Crippen molar-refractivity contribution in [1.29, 1.82) is 0 Å². The molecular weight excluding hydrogens is 352 g/mol. The Morgan fingerprint density at radius 3 is 2.07 bits per heavy atom. The highest BCUT2D eigenvalue weighted by molar-refractivity contribution is 5.62. The van der Waals surface area contributed by atoms with Gasteiger partial charge in [-0.25, -0.2) is 4.57 Å². The zero-order valence-corrected chi connectivity index (χ0v) is 17.4. The number of nitrogens with zero attached hydrogens (tertiary/aromatic N) is 2. The zero-order valence-electron chi connectivity index (χ0n) is 17.4. The zero-order chi connectivity index (χ0) is 20.2. The first-order valence-electron chi connectivity index (χ1n) is 10.2. The van der Waals surface area contributed by atoms with Gasteiger partial charge in [-0.15, -0.1) is 0 Å². The molecule has 0 fully saturated rings. The minimum absolute atomic E-state index is 0.376. The van der Waals surface area contributed by atoms with Crippen LogP contribution in [0.1, 0.15) is 24.0 Å². The molecule has 0 N–H and O–H groups in total. The molecule has 2 heteroatoms. The van der Waals surface area contributed by atoms with Crippen LogP contribution >= 0.6 is 0 Å². The smallest absolute Gasteiger partial charge is 0.201 e. The van der Waals surface area contributed by atoms with Gasteiger partial charge in [-0.3, -0.25) is 0 Å². The van der Waals surface area contributed by atoms with Crippen LogP contribution in [0.3, 0.4) is 0 Å². The van der Waals surface area contributed by atoms with Crippen LogP contribution in [0.15, 0.2) is 97.3 Å². The van der Waals surface area contributed by atoms with Crippen LogP contribution in [-0.4, -0.2) is 0 Å². The predicted molar refractivity (Wildman–Crippen MR) is 118 cm³/mol. The van der Waals surface area contributed by atoms with Crippen molar-refractivity contribution in [2.24, 2.45) is 7.05 Å². The van der Waals surface area contributed by atoms with Gasteiger partial charge in [0.05, 0.1) is 0 Å². The standard InChI is InChI=1S/C27H28N2/c1-21-12-4-5-14-24(21)27-17-9-11-19-29(27)20-22(2)23-13-6-7-15-25(23)26-16-8-10-18-28(26)3/h4-19,22H,20H2,1-3H3/q+2. The fourth-order valence-electron chi connectivity index (χ4n) is 4.10. The van der Waals surface area contributed by atoms with Crippen LogP contribution < -0.4 is 9.13 Å². The first kappa shape index (κ1) is 19.1. The van der Waals surface area contributed by atoms with Crippen LogP contribution in [-0.2, 0) is 13.6 Å². The number of pyridine rings is 2. The molecule has 0 aliphatic rings. The fraction of sp³-hybridized carbons (Fsp3) is 0.185. The van der Waals surface area contributed by atoms with Crippen molar-refractivity contribution >= 4 is 0 Å². The third kappa shape index (κ3) is 3.97. The number of hydrogen-bond acceptors (Lipinski definition) is 0. The molecule has 4 aromatic rings. The maximum atomic E-state index is 2.38. The maximum absolute atomic E-state index is 2.38. The summed E-state index contributed by atoms with van der Waals surface area (Å²) in [6, 6.07) is 30.2. The van der Waals surface area contributed by atoms with E-state index in [1.54, 1.807) is 0 Å². The summed E-state index contributed by atoms with van der Waals surface area (Å²) in [5.74, 6) is 0.376. The van der Waals surface area contributed by atoms with E-state index in [1.165, 1.54) is 33.6 Å². The van der Waals surface area contributed by atoms with Gasteiger partial charge in [-0.2, -0.15) is 4.57 Å². The molecule has 2 aromatic heterocycles. The highest BCUT2D eigenvalue weighted by atomic mass is 15.0. The summed E-state index contributed by atoms with van der Waals surface area (Å²) in [7, 11) is 2.11. The Bertz CT molecular complexity index is 1130. The lowest BCUT2D eigenvalue weighted by Gasteiger charge is -2.15. The summed E-state index contributed by atoms with van der Waals surface area (Å²) in [5.41, 5.74) is 7.78. The molecule has 0 bridgehead atoms. The van der Waals surface area contributed by atoms with Gasteiger partial charge in [0.1, 0.15) is 7.05 Å². The third-order valence-corrected chi connectivity index (χ3v) is 5.65. The molecule has 144 valence electrons. The van der Waals surface area contributed by atoms with Gasteiger partial charge < -0.3 is 0 Å². The lowest BCUT2D eigenvalue weighted by molar-refractivity contribution is -0.688. The van der Waals surface area contributed by atoms with Gasteiger partial charge in [-0.05, 0) is 42.3 Å². The maximum Gasteiger partial charge on any atom is 0.212 e. The Morgan fingerprint density at radius 1 is 0.690 bits per heavy atom. The van der Waals surface area contributed by atoms with Gasteiger partial charge in [-0.1, -0.05) is 43.3 Å². The van der Waals surface area contributed by atoms with E-state index in [9.17, 15) is 0 Å². The normalized spacial score (nSPS) is 12.0. The largest absolute Gasteiger partial charge is 0.212 e. The number of rotatable bonds is 5. The molecule has 0 saturated heterocycles. The Morgan fingerprint density at radius 2 is 1.31 bits per heavy atom. The molecule has 0 amide bonds. The van der Waals surface area contributed by atoms with E-state index >= 15 is 0 Å². The summed E-state index contributed by atoms with van der Waals surface area (Å²) in [5, 5.41) is 0. The van der Waals surface area contributed by atoms with Crippen LogP contribution in [0.4, 0.5) is 0 Å². The summed E-state index contributed by atoms with van der Waals surface area (Å²) < 4.78 is 4.58. The molecule has 1 unspecified atom stereocenters. The minimum atomic E-state index is 0.376. The average Bonchev–Trinajstić information content (AvgIpc) is 2.75. The molecule has 0 aliphatic carbocycles. The van der Waals surface area contributed by atoms with E-state index in [4.69, 9.17) is 0 Å². The highest BCUT2D eigenvalue weighted by Gasteiger charge is 2.22. The van der Waals surface area contributed by atoms with Gasteiger partial charge in [0.15, 0.2) is 18.9 Å². The molecule has 0 saturated carbocycles. The first-order chi connectivity index (χ1) is 14.1. The lowest BCUT2D eigenvalue weighted by atomic mass is 9.93. The molecule has 0 aliphatic heterocycles. The summed E-state index contributed by atoms with van der Waals surface area (Å²) >= 11 is 0. The fourth-order valence-corrected chi connectivity index (χ4v) is 4.10. The van der Waals surface area contributed by atoms with E-state index in [-0.39, 0.29) is 0 Å². The second kappa shape index (κ2) is 8.40. The molecule has 2 aromatic carbocycles. The van der Waals surface area contributed by atoms with E-state index in [0.717, 1.165) is 6.54 Å². The molecule has 0 spiro atoms. The Balaban J connectivity index is 1.72. The van der Waals surface area contributed by atoms with Crippen LogP contribution in [0, 0.1) is 6.92 Å². The Hall–Kier alpha value is -3.26. The topological polar surface area (TPSA) is 7.76 Å². The average molecular weight is 381 g/mol. The van der Waals surface area contributed by atoms with Gasteiger partial charge in [0, 0.05) is 41.3 Å². The highest BCUT2D eigenvalue weighted by Crippen LogP contribution is 2.28. The monoisotopic (exact) mass is 380 g/mol. The Labute approximate surface area is 173 Å².